The Labute approximate surface area is 352 Å². The van der Waals surface area contributed by atoms with E-state index in [0.717, 1.165) is 34.9 Å². The number of hydrogen-bond donors (Lipinski definition) is 0. The average molecular weight is 774 g/mol. The van der Waals surface area contributed by atoms with Crippen molar-refractivity contribution in [2.45, 2.75) is 6.92 Å². The second-order valence-corrected chi connectivity index (χ2v) is 16.3. The Kier molecular flexibility index (Phi) is 9.89. The summed E-state index contributed by atoms with van der Waals surface area (Å²) in [4.78, 5) is 9.40. The Hall–Kier alpha value is -7.07. The number of hydrogen-bond acceptors (Lipinski definition) is 3. The van der Waals surface area contributed by atoms with Gasteiger partial charge in [-0.2, -0.15) is 0 Å². The van der Waals surface area contributed by atoms with Crippen LogP contribution in [0.25, 0.3) is 87.4 Å². The number of rotatable bonds is 5. The van der Waals surface area contributed by atoms with Gasteiger partial charge in [-0.05, 0) is 138 Å². The van der Waals surface area contributed by atoms with E-state index in [-0.39, 0.29) is 0 Å². The van der Waals surface area contributed by atoms with E-state index in [9.17, 15) is 0 Å². The zero-order chi connectivity index (χ0) is 40.6. The van der Waals surface area contributed by atoms with Gasteiger partial charge in [-0.15, -0.1) is 0 Å². The van der Waals surface area contributed by atoms with Crippen molar-refractivity contribution >= 4 is 65.5 Å². The number of nitrogens with zero attached hydrogens (tertiary/aromatic N) is 3. The van der Waals surface area contributed by atoms with Gasteiger partial charge in [0.15, 0.2) is 0 Å². The first kappa shape index (κ1) is 37.2. The number of benzene rings is 9. The number of fused-ring (bicyclic) bond motifs is 5. The van der Waals surface area contributed by atoms with Gasteiger partial charge >= 0.3 is 0 Å². The SMILES string of the molecule is CC1C=CCN(C)C1.CN(c1ccc(-c2ccc3c(-c4ccc5ccccc5c4)c4ccccc4c(-c4ccc5ccccc5c4)c3c2)cc1)c1ccc2ccccc2n1. The van der Waals surface area contributed by atoms with Crippen LogP contribution in [-0.4, -0.2) is 37.1 Å². The molecule has 290 valence electrons. The molecule has 60 heavy (non-hydrogen) atoms. The molecular weight excluding hydrogens is 727 g/mol. The number of para-hydroxylation sites is 1. The third-order valence-corrected chi connectivity index (χ3v) is 12.1. The summed E-state index contributed by atoms with van der Waals surface area (Å²) in [5.74, 6) is 1.68. The Balaban J connectivity index is 0.000000488. The number of likely N-dealkylation sites (N-methyl/N-ethyl adjacent to an activating group) is 1. The van der Waals surface area contributed by atoms with Crippen molar-refractivity contribution in [1.82, 2.24) is 9.88 Å². The minimum Gasteiger partial charge on any atom is -0.329 e. The van der Waals surface area contributed by atoms with Crippen molar-refractivity contribution in [2.24, 2.45) is 5.92 Å². The topological polar surface area (TPSA) is 19.4 Å². The van der Waals surface area contributed by atoms with Crippen molar-refractivity contribution in [3.8, 4) is 33.4 Å². The summed E-state index contributed by atoms with van der Waals surface area (Å²) in [5.41, 5.74) is 9.44. The van der Waals surface area contributed by atoms with Crippen molar-refractivity contribution in [3.05, 3.63) is 200 Å². The molecule has 2 heterocycles. The molecule has 0 saturated carbocycles. The van der Waals surface area contributed by atoms with Crippen LogP contribution in [0, 0.1) is 5.92 Å². The normalized spacial score (nSPS) is 14.2. The average Bonchev–Trinajstić information content (AvgIpc) is 3.30. The maximum absolute atomic E-state index is 4.92. The fourth-order valence-corrected chi connectivity index (χ4v) is 9.02. The van der Waals surface area contributed by atoms with Crippen LogP contribution in [0.1, 0.15) is 6.92 Å². The first-order chi connectivity index (χ1) is 29.5. The Morgan fingerprint density at radius 3 is 1.62 bits per heavy atom. The summed E-state index contributed by atoms with van der Waals surface area (Å²) in [5, 5.41) is 11.1. The van der Waals surface area contributed by atoms with Crippen LogP contribution >= 0.6 is 0 Å². The molecule has 9 aromatic carbocycles. The highest BCUT2D eigenvalue weighted by molar-refractivity contribution is 6.22. The van der Waals surface area contributed by atoms with Gasteiger partial charge < -0.3 is 9.80 Å². The molecule has 1 unspecified atom stereocenters. The quantitative estimate of drug-likeness (QED) is 0.128. The molecule has 11 rings (SSSR count). The molecule has 1 aromatic heterocycles. The summed E-state index contributed by atoms with van der Waals surface area (Å²) in [7, 11) is 4.23. The van der Waals surface area contributed by atoms with Crippen molar-refractivity contribution in [3.63, 3.8) is 0 Å². The largest absolute Gasteiger partial charge is 0.329 e. The highest BCUT2D eigenvalue weighted by Crippen LogP contribution is 2.46. The van der Waals surface area contributed by atoms with Crippen LogP contribution in [0.2, 0.25) is 0 Å². The number of anilines is 2. The van der Waals surface area contributed by atoms with Crippen molar-refractivity contribution < 1.29 is 0 Å². The molecular formula is C57H47N3. The lowest BCUT2D eigenvalue weighted by Crippen LogP contribution is -2.26. The fraction of sp³-hybridized carbons (Fsp3) is 0.105. The van der Waals surface area contributed by atoms with Crippen LogP contribution in [0.15, 0.2) is 200 Å². The minimum atomic E-state index is 0.758. The predicted molar refractivity (Wildman–Crippen MR) is 258 cm³/mol. The second kappa shape index (κ2) is 15.9. The zero-order valence-corrected chi connectivity index (χ0v) is 34.4. The molecule has 0 saturated heterocycles. The summed E-state index contributed by atoms with van der Waals surface area (Å²) >= 11 is 0. The van der Waals surface area contributed by atoms with Crippen LogP contribution < -0.4 is 4.90 Å². The van der Waals surface area contributed by atoms with Gasteiger partial charge in [-0.25, -0.2) is 4.98 Å². The van der Waals surface area contributed by atoms with E-state index in [1.807, 2.05) is 6.07 Å². The first-order valence-corrected chi connectivity index (χ1v) is 21.0. The summed E-state index contributed by atoms with van der Waals surface area (Å²) in [6.07, 6.45) is 4.51. The van der Waals surface area contributed by atoms with E-state index in [0.29, 0.717) is 0 Å². The maximum Gasteiger partial charge on any atom is 0.133 e. The molecule has 0 aliphatic carbocycles. The summed E-state index contributed by atoms with van der Waals surface area (Å²) < 4.78 is 0. The minimum absolute atomic E-state index is 0.758. The highest BCUT2D eigenvalue weighted by atomic mass is 15.2. The molecule has 3 nitrogen and oxygen atoms in total. The third kappa shape index (κ3) is 7.19. The summed E-state index contributed by atoms with van der Waals surface area (Å²) in [6, 6.07) is 68.3. The van der Waals surface area contributed by atoms with E-state index in [1.54, 1.807) is 0 Å². The Morgan fingerprint density at radius 2 is 1.00 bits per heavy atom. The smallest absolute Gasteiger partial charge is 0.133 e. The predicted octanol–water partition coefficient (Wildman–Crippen LogP) is 14.7. The number of aromatic nitrogens is 1. The molecule has 0 amide bonds. The standard InChI is InChI=1S/C50H34N2.C7H13N/c1-52(48-29-25-36-12-6-9-17-47(36)51-48)42-26-22-35(23-27-42)39-24-28-45-46(32-39)50(41-21-19-34-11-3-5-14-38(34)31-41)44-16-8-7-15-43(44)49(45)40-20-18-33-10-2-4-13-37(33)30-40;1-7-4-3-5-8(2)6-7/h2-32H,1H3;3-4,7H,5-6H2,1-2H3. The van der Waals surface area contributed by atoms with Gasteiger partial charge in [0, 0.05) is 31.2 Å². The molecule has 0 bridgehead atoms. The third-order valence-electron chi connectivity index (χ3n) is 12.1. The van der Waals surface area contributed by atoms with E-state index in [4.69, 9.17) is 4.98 Å². The lowest BCUT2D eigenvalue weighted by Gasteiger charge is -2.21. The Morgan fingerprint density at radius 1 is 0.483 bits per heavy atom. The lowest BCUT2D eigenvalue weighted by atomic mass is 9.84. The van der Waals surface area contributed by atoms with Gasteiger partial charge in [0.1, 0.15) is 5.82 Å². The molecule has 1 atom stereocenters. The van der Waals surface area contributed by atoms with Crippen molar-refractivity contribution in [1.29, 1.82) is 0 Å². The van der Waals surface area contributed by atoms with E-state index in [2.05, 4.69) is 225 Å². The van der Waals surface area contributed by atoms with Crippen LogP contribution in [0.4, 0.5) is 11.5 Å². The second-order valence-electron chi connectivity index (χ2n) is 16.3. The van der Waals surface area contributed by atoms with Gasteiger partial charge in [0.25, 0.3) is 0 Å². The lowest BCUT2D eigenvalue weighted by molar-refractivity contribution is 0.323. The monoisotopic (exact) mass is 773 g/mol. The molecule has 3 heteroatoms. The van der Waals surface area contributed by atoms with Gasteiger partial charge in [-0.1, -0.05) is 159 Å². The molecule has 1 aliphatic heterocycles. The van der Waals surface area contributed by atoms with E-state index < -0.39 is 0 Å². The maximum atomic E-state index is 4.92. The van der Waals surface area contributed by atoms with Crippen LogP contribution in [0.5, 0.6) is 0 Å². The molecule has 0 N–H and O–H groups in total. The zero-order valence-electron chi connectivity index (χ0n) is 34.4. The molecule has 0 fully saturated rings. The molecule has 10 aromatic rings. The van der Waals surface area contributed by atoms with Crippen LogP contribution in [-0.2, 0) is 0 Å². The van der Waals surface area contributed by atoms with Gasteiger partial charge in [0.05, 0.1) is 5.52 Å². The molecule has 1 aliphatic rings. The van der Waals surface area contributed by atoms with Gasteiger partial charge in [0.2, 0.25) is 0 Å². The molecule has 0 spiro atoms. The van der Waals surface area contributed by atoms with E-state index in [1.165, 1.54) is 83.0 Å². The fourth-order valence-electron chi connectivity index (χ4n) is 9.02. The van der Waals surface area contributed by atoms with Crippen molar-refractivity contribution in [2.75, 3.05) is 32.1 Å². The summed E-state index contributed by atoms with van der Waals surface area (Å²) in [6.45, 7) is 4.59. The van der Waals surface area contributed by atoms with Crippen LogP contribution in [0.3, 0.4) is 0 Å². The first-order valence-electron chi connectivity index (χ1n) is 21.0. The number of pyridine rings is 1. The highest BCUT2D eigenvalue weighted by Gasteiger charge is 2.18. The van der Waals surface area contributed by atoms with E-state index >= 15 is 0 Å². The van der Waals surface area contributed by atoms with Gasteiger partial charge in [-0.3, -0.25) is 0 Å². The Bertz CT molecular complexity index is 3220. The molecule has 0 radical (unpaired) electrons.